The van der Waals surface area contributed by atoms with E-state index < -0.39 is 0 Å². The zero-order chi connectivity index (χ0) is 14.4. The Bertz CT molecular complexity index is 701. The Kier molecular flexibility index (Phi) is 2.94. The molecule has 1 aliphatic rings. The Morgan fingerprint density at radius 1 is 1.15 bits per heavy atom. The van der Waals surface area contributed by atoms with E-state index in [4.69, 9.17) is 11.6 Å². The summed E-state index contributed by atoms with van der Waals surface area (Å²) in [5.74, 6) is -0.0524. The molecule has 0 saturated carbocycles. The molecule has 1 amide bonds. The van der Waals surface area contributed by atoms with Gasteiger partial charge in [0.2, 0.25) is 5.91 Å². The van der Waals surface area contributed by atoms with Gasteiger partial charge in [-0.25, -0.2) is 0 Å². The molecule has 1 heterocycles. The number of rotatable bonds is 1. The van der Waals surface area contributed by atoms with Crippen molar-refractivity contribution < 1.29 is 9.90 Å². The number of fused-ring (bicyclic) bond motifs is 1. The number of halogens is 1. The number of phenolic OH excluding ortho intramolecular Hbond substituents is 1. The molecule has 0 radical (unpaired) electrons. The Morgan fingerprint density at radius 3 is 2.60 bits per heavy atom. The SMILES string of the molecule is Cc1cc(O)c(N2C(=O)Cc3cc(C)ccc32)c(Cl)c1. The molecule has 0 saturated heterocycles. The molecule has 20 heavy (non-hydrogen) atoms. The summed E-state index contributed by atoms with van der Waals surface area (Å²) in [5.41, 5.74) is 4.09. The average molecular weight is 288 g/mol. The molecule has 0 aromatic heterocycles. The van der Waals surface area contributed by atoms with Gasteiger partial charge in [-0.1, -0.05) is 29.3 Å². The van der Waals surface area contributed by atoms with Crippen LogP contribution in [0.15, 0.2) is 30.3 Å². The summed E-state index contributed by atoms with van der Waals surface area (Å²) >= 11 is 6.22. The number of amides is 1. The fraction of sp³-hybridized carbons (Fsp3) is 0.188. The molecule has 0 bridgehead atoms. The van der Waals surface area contributed by atoms with Crippen LogP contribution in [-0.4, -0.2) is 11.0 Å². The predicted octanol–water partition coefficient (Wildman–Crippen LogP) is 3.88. The third-order valence-corrected chi connectivity index (χ3v) is 3.77. The van der Waals surface area contributed by atoms with Gasteiger partial charge in [-0.2, -0.15) is 0 Å². The Morgan fingerprint density at radius 2 is 1.90 bits per heavy atom. The van der Waals surface area contributed by atoms with Crippen LogP contribution < -0.4 is 4.90 Å². The third kappa shape index (κ3) is 1.95. The number of hydrogen-bond acceptors (Lipinski definition) is 2. The Hall–Kier alpha value is -2.00. The molecule has 2 aromatic carbocycles. The maximum Gasteiger partial charge on any atom is 0.236 e. The van der Waals surface area contributed by atoms with Crippen molar-refractivity contribution in [3.63, 3.8) is 0 Å². The molecule has 3 nitrogen and oxygen atoms in total. The molecule has 1 N–H and O–H groups in total. The quantitative estimate of drug-likeness (QED) is 0.864. The number of aromatic hydroxyl groups is 1. The maximum atomic E-state index is 12.3. The van der Waals surface area contributed by atoms with E-state index in [1.54, 1.807) is 12.1 Å². The van der Waals surface area contributed by atoms with Gasteiger partial charge in [-0.05, 0) is 43.2 Å². The molecular formula is C16H14ClNO2. The second kappa shape index (κ2) is 4.53. The van der Waals surface area contributed by atoms with Crippen LogP contribution in [0.4, 0.5) is 11.4 Å². The number of aryl methyl sites for hydroxylation is 2. The molecule has 0 fully saturated rings. The second-order valence-corrected chi connectivity index (χ2v) is 5.56. The number of carbonyl (C=O) groups excluding carboxylic acids is 1. The minimum atomic E-state index is -0.0772. The molecule has 3 rings (SSSR count). The molecular weight excluding hydrogens is 274 g/mol. The predicted molar refractivity (Wildman–Crippen MR) is 79.9 cm³/mol. The lowest BCUT2D eigenvalue weighted by Crippen LogP contribution is -2.21. The summed E-state index contributed by atoms with van der Waals surface area (Å²) in [6, 6.07) is 9.19. The lowest BCUT2D eigenvalue weighted by Gasteiger charge is -2.20. The van der Waals surface area contributed by atoms with Gasteiger partial charge < -0.3 is 5.11 Å². The van der Waals surface area contributed by atoms with Gasteiger partial charge in [0.05, 0.1) is 17.1 Å². The van der Waals surface area contributed by atoms with Crippen molar-refractivity contribution in [2.75, 3.05) is 4.90 Å². The fourth-order valence-corrected chi connectivity index (χ4v) is 2.99. The number of phenols is 1. The number of nitrogens with zero attached hydrogens (tertiary/aromatic N) is 1. The Balaban J connectivity index is 2.20. The molecule has 1 aliphatic heterocycles. The summed E-state index contributed by atoms with van der Waals surface area (Å²) < 4.78 is 0. The lowest BCUT2D eigenvalue weighted by atomic mass is 10.1. The Labute approximate surface area is 122 Å². The molecule has 0 unspecified atom stereocenters. The van der Waals surface area contributed by atoms with E-state index in [1.165, 1.54) is 4.90 Å². The minimum absolute atomic E-state index is 0.0248. The largest absolute Gasteiger partial charge is 0.506 e. The van der Waals surface area contributed by atoms with Crippen molar-refractivity contribution in [3.8, 4) is 5.75 Å². The zero-order valence-corrected chi connectivity index (χ0v) is 12.0. The van der Waals surface area contributed by atoms with Crippen LogP contribution in [0, 0.1) is 13.8 Å². The summed E-state index contributed by atoms with van der Waals surface area (Å²) in [6.07, 6.45) is 0.334. The summed E-state index contributed by atoms with van der Waals surface area (Å²) in [4.78, 5) is 13.8. The highest BCUT2D eigenvalue weighted by atomic mass is 35.5. The maximum absolute atomic E-state index is 12.3. The van der Waals surface area contributed by atoms with Crippen LogP contribution in [0.5, 0.6) is 5.75 Å². The first kappa shape index (κ1) is 13.0. The van der Waals surface area contributed by atoms with Gasteiger partial charge in [-0.3, -0.25) is 9.69 Å². The third-order valence-electron chi connectivity index (χ3n) is 3.48. The van der Waals surface area contributed by atoms with E-state index in [-0.39, 0.29) is 11.7 Å². The molecule has 4 heteroatoms. The summed E-state index contributed by atoms with van der Waals surface area (Å²) in [6.45, 7) is 3.84. The second-order valence-electron chi connectivity index (χ2n) is 5.15. The first-order valence-electron chi connectivity index (χ1n) is 6.39. The van der Waals surface area contributed by atoms with E-state index in [1.807, 2.05) is 32.0 Å². The highest BCUT2D eigenvalue weighted by Gasteiger charge is 2.31. The van der Waals surface area contributed by atoms with Gasteiger partial charge in [0.15, 0.2) is 0 Å². The normalized spacial score (nSPS) is 13.8. The van der Waals surface area contributed by atoms with Crippen LogP contribution in [0.1, 0.15) is 16.7 Å². The molecule has 2 aromatic rings. The summed E-state index contributed by atoms with van der Waals surface area (Å²) in [7, 11) is 0. The van der Waals surface area contributed by atoms with Gasteiger partial charge in [-0.15, -0.1) is 0 Å². The van der Waals surface area contributed by atoms with Crippen LogP contribution in [0.25, 0.3) is 0 Å². The monoisotopic (exact) mass is 287 g/mol. The van der Waals surface area contributed by atoms with Gasteiger partial charge in [0.1, 0.15) is 11.4 Å². The first-order valence-corrected chi connectivity index (χ1v) is 6.77. The minimum Gasteiger partial charge on any atom is -0.506 e. The molecule has 0 atom stereocenters. The van der Waals surface area contributed by atoms with Crippen LogP contribution in [0.3, 0.4) is 0 Å². The number of benzene rings is 2. The number of anilines is 2. The van der Waals surface area contributed by atoms with E-state index >= 15 is 0 Å². The number of hydrogen-bond donors (Lipinski definition) is 1. The van der Waals surface area contributed by atoms with Crippen molar-refractivity contribution in [2.24, 2.45) is 0 Å². The molecule has 0 aliphatic carbocycles. The van der Waals surface area contributed by atoms with Crippen molar-refractivity contribution in [1.82, 2.24) is 0 Å². The van der Waals surface area contributed by atoms with Crippen LogP contribution >= 0.6 is 11.6 Å². The molecule has 0 spiro atoms. The average Bonchev–Trinajstić information content (AvgIpc) is 2.64. The van der Waals surface area contributed by atoms with Gasteiger partial charge in [0, 0.05) is 0 Å². The standard InChI is InChI=1S/C16H14ClNO2/c1-9-3-4-13-11(5-9)8-15(20)18(13)16-12(17)6-10(2)7-14(16)19/h3-7,19H,8H2,1-2H3. The van der Waals surface area contributed by atoms with Crippen LogP contribution in [-0.2, 0) is 11.2 Å². The highest BCUT2D eigenvalue weighted by molar-refractivity contribution is 6.35. The lowest BCUT2D eigenvalue weighted by molar-refractivity contribution is -0.116. The van der Waals surface area contributed by atoms with Crippen molar-refractivity contribution in [1.29, 1.82) is 0 Å². The van der Waals surface area contributed by atoms with E-state index in [9.17, 15) is 9.90 Å². The molecule has 102 valence electrons. The van der Waals surface area contributed by atoms with E-state index in [0.717, 1.165) is 22.4 Å². The highest BCUT2D eigenvalue weighted by Crippen LogP contribution is 2.44. The van der Waals surface area contributed by atoms with Crippen molar-refractivity contribution >= 4 is 28.9 Å². The van der Waals surface area contributed by atoms with Gasteiger partial charge in [0.25, 0.3) is 0 Å². The van der Waals surface area contributed by atoms with E-state index in [2.05, 4.69) is 0 Å². The zero-order valence-electron chi connectivity index (χ0n) is 11.3. The van der Waals surface area contributed by atoms with Gasteiger partial charge >= 0.3 is 0 Å². The summed E-state index contributed by atoms with van der Waals surface area (Å²) in [5, 5.41) is 10.5. The smallest absolute Gasteiger partial charge is 0.236 e. The van der Waals surface area contributed by atoms with Crippen molar-refractivity contribution in [2.45, 2.75) is 20.3 Å². The van der Waals surface area contributed by atoms with E-state index in [0.29, 0.717) is 17.1 Å². The first-order chi connectivity index (χ1) is 9.47. The fourth-order valence-electron chi connectivity index (χ4n) is 2.63. The number of carbonyl (C=O) groups is 1. The topological polar surface area (TPSA) is 40.5 Å². The van der Waals surface area contributed by atoms with Crippen molar-refractivity contribution in [3.05, 3.63) is 52.0 Å². The van der Waals surface area contributed by atoms with Crippen LogP contribution in [0.2, 0.25) is 5.02 Å².